The van der Waals surface area contributed by atoms with Crippen LogP contribution in [0.4, 0.5) is 0 Å². The molecule has 1 aliphatic heterocycles. The highest BCUT2D eigenvalue weighted by atomic mass is 16.4. The molecular weight excluding hydrogens is 622 g/mol. The summed E-state index contributed by atoms with van der Waals surface area (Å²) in [4.78, 5) is 72.5. The minimum Gasteiger partial charge on any atom is -0.480 e. The summed E-state index contributed by atoms with van der Waals surface area (Å²) in [5, 5.41) is 38.0. The largest absolute Gasteiger partial charge is 0.480 e. The number of aliphatic carboxylic acids is 1. The number of carbonyl (C=O) groups is 5. The second-order valence-electron chi connectivity index (χ2n) is 11.8. The SMILES string of the molecule is N[C@@H](Cc1c[nH]c2ccccc12)C(=O)N[C@@H](CO)C(=O)N1CCC[C@H]1C(=O)N[C@@H](Cc1c[nH]c2ccccc12)C(=O)N[C@@H](CO)C(=O)O. The van der Waals surface area contributed by atoms with Gasteiger partial charge in [-0.1, -0.05) is 36.4 Å². The molecule has 0 radical (unpaired) electrons. The maximum Gasteiger partial charge on any atom is 0.328 e. The van der Waals surface area contributed by atoms with E-state index in [1.165, 1.54) is 4.90 Å². The van der Waals surface area contributed by atoms with E-state index in [1.54, 1.807) is 12.4 Å². The number of nitrogens with zero attached hydrogens (tertiary/aromatic N) is 1. The highest BCUT2D eigenvalue weighted by molar-refractivity contribution is 5.96. The molecule has 1 fully saturated rings. The minimum absolute atomic E-state index is 0.0241. The van der Waals surface area contributed by atoms with Gasteiger partial charge >= 0.3 is 5.97 Å². The van der Waals surface area contributed by atoms with Gasteiger partial charge in [0.1, 0.15) is 24.2 Å². The Bertz CT molecular complexity index is 1800. The Kier molecular flexibility index (Phi) is 10.7. The second kappa shape index (κ2) is 15.1. The number of hydrogen-bond acceptors (Lipinski definition) is 8. The maximum atomic E-state index is 13.7. The molecule has 4 amide bonds. The molecule has 0 saturated carbocycles. The van der Waals surface area contributed by atoms with E-state index >= 15 is 0 Å². The third-order valence-electron chi connectivity index (χ3n) is 8.62. The van der Waals surface area contributed by atoms with E-state index in [9.17, 15) is 39.3 Å². The number of benzene rings is 2. The highest BCUT2D eigenvalue weighted by Crippen LogP contribution is 2.22. The lowest BCUT2D eigenvalue weighted by Gasteiger charge is -2.29. The van der Waals surface area contributed by atoms with Crippen molar-refractivity contribution in [2.24, 2.45) is 5.73 Å². The second-order valence-corrected chi connectivity index (χ2v) is 11.8. The predicted molar refractivity (Wildman–Crippen MR) is 174 cm³/mol. The van der Waals surface area contributed by atoms with Crippen LogP contribution >= 0.6 is 0 Å². The van der Waals surface area contributed by atoms with Crippen molar-refractivity contribution < 1.29 is 39.3 Å². The van der Waals surface area contributed by atoms with Crippen LogP contribution in [0.1, 0.15) is 24.0 Å². The van der Waals surface area contributed by atoms with Crippen LogP contribution in [0.15, 0.2) is 60.9 Å². The first-order chi connectivity index (χ1) is 23.1. The number of nitrogens with two attached hydrogens (primary N) is 1. The monoisotopic (exact) mass is 661 g/mol. The summed E-state index contributed by atoms with van der Waals surface area (Å²) in [7, 11) is 0. The van der Waals surface area contributed by atoms with Crippen LogP contribution in [0.2, 0.25) is 0 Å². The molecule has 48 heavy (non-hydrogen) atoms. The maximum absolute atomic E-state index is 13.7. The van der Waals surface area contributed by atoms with E-state index in [-0.39, 0.29) is 25.8 Å². The molecule has 4 aromatic rings. The smallest absolute Gasteiger partial charge is 0.328 e. The van der Waals surface area contributed by atoms with Gasteiger partial charge in [-0.05, 0) is 42.5 Å². The number of likely N-dealkylation sites (tertiary alicyclic amines) is 1. The van der Waals surface area contributed by atoms with Crippen LogP contribution in [0.5, 0.6) is 0 Å². The van der Waals surface area contributed by atoms with Crippen molar-refractivity contribution in [2.75, 3.05) is 19.8 Å². The summed E-state index contributed by atoms with van der Waals surface area (Å²) in [6.45, 7) is -1.44. The molecule has 5 atom stereocenters. The molecule has 0 spiro atoms. The van der Waals surface area contributed by atoms with Crippen molar-refractivity contribution in [3.63, 3.8) is 0 Å². The van der Waals surface area contributed by atoms with Gasteiger partial charge in [0, 0.05) is 47.2 Å². The topological polar surface area (TPSA) is 243 Å². The Morgan fingerprint density at radius 1 is 0.792 bits per heavy atom. The number of aliphatic hydroxyl groups is 2. The van der Waals surface area contributed by atoms with Crippen molar-refractivity contribution in [1.82, 2.24) is 30.8 Å². The molecule has 254 valence electrons. The van der Waals surface area contributed by atoms with Gasteiger partial charge in [0.2, 0.25) is 23.6 Å². The lowest BCUT2D eigenvalue weighted by molar-refractivity contribution is -0.144. The Morgan fingerprint density at radius 3 is 1.94 bits per heavy atom. The Balaban J connectivity index is 1.27. The number of H-pyrrole nitrogens is 2. The molecule has 0 unspecified atom stereocenters. The third kappa shape index (κ3) is 7.48. The first-order valence-corrected chi connectivity index (χ1v) is 15.6. The molecule has 0 aliphatic carbocycles. The fraction of sp³-hybridized carbons (Fsp3) is 0.364. The Labute approximate surface area is 274 Å². The summed E-state index contributed by atoms with van der Waals surface area (Å²) in [6, 6.07) is 8.57. The molecule has 2 aromatic carbocycles. The van der Waals surface area contributed by atoms with Gasteiger partial charge in [0.25, 0.3) is 0 Å². The summed E-state index contributed by atoms with van der Waals surface area (Å²) in [5.74, 6) is -4.30. The van der Waals surface area contributed by atoms with E-state index in [1.807, 2.05) is 48.5 Å². The molecule has 15 heteroatoms. The number of carboxylic acid groups (broad SMARTS) is 1. The van der Waals surface area contributed by atoms with E-state index < -0.39 is 73.0 Å². The number of amides is 4. The number of fused-ring (bicyclic) bond motifs is 2. The Morgan fingerprint density at radius 2 is 1.35 bits per heavy atom. The zero-order chi connectivity index (χ0) is 34.4. The van der Waals surface area contributed by atoms with Gasteiger partial charge in [-0.25, -0.2) is 4.79 Å². The van der Waals surface area contributed by atoms with Crippen LogP contribution in [-0.4, -0.2) is 110 Å². The number of rotatable bonds is 14. The summed E-state index contributed by atoms with van der Waals surface area (Å²) in [6.07, 6.45) is 4.29. The number of aromatic amines is 2. The molecular formula is C33H39N7O8. The minimum atomic E-state index is -1.60. The predicted octanol–water partition coefficient (Wildman–Crippen LogP) is -0.724. The van der Waals surface area contributed by atoms with E-state index in [0.29, 0.717) is 12.0 Å². The van der Waals surface area contributed by atoms with Crippen molar-refractivity contribution in [2.45, 2.75) is 55.9 Å². The van der Waals surface area contributed by atoms with Crippen molar-refractivity contribution in [1.29, 1.82) is 0 Å². The summed E-state index contributed by atoms with van der Waals surface area (Å²) >= 11 is 0. The van der Waals surface area contributed by atoms with E-state index in [0.717, 1.165) is 27.4 Å². The number of aromatic nitrogens is 2. The van der Waals surface area contributed by atoms with Crippen LogP contribution in [0.3, 0.4) is 0 Å². The van der Waals surface area contributed by atoms with Crippen LogP contribution in [0, 0.1) is 0 Å². The Hall–Kier alpha value is -5.25. The first-order valence-electron chi connectivity index (χ1n) is 15.6. The van der Waals surface area contributed by atoms with Crippen LogP contribution in [0.25, 0.3) is 21.8 Å². The number of aliphatic hydroxyl groups excluding tert-OH is 2. The van der Waals surface area contributed by atoms with Gasteiger partial charge in [-0.2, -0.15) is 0 Å². The quantitative estimate of drug-likeness (QED) is 0.0827. The average Bonchev–Trinajstić information content (AvgIpc) is 3.84. The van der Waals surface area contributed by atoms with Crippen LogP contribution < -0.4 is 21.7 Å². The summed E-state index contributed by atoms with van der Waals surface area (Å²) in [5.41, 5.74) is 9.35. The van der Waals surface area contributed by atoms with Gasteiger partial charge in [-0.15, -0.1) is 0 Å². The van der Waals surface area contributed by atoms with Crippen molar-refractivity contribution >= 4 is 51.4 Å². The molecule has 1 saturated heterocycles. The fourth-order valence-electron chi connectivity index (χ4n) is 6.05. The molecule has 3 heterocycles. The fourth-order valence-corrected chi connectivity index (χ4v) is 6.05. The summed E-state index contributed by atoms with van der Waals surface area (Å²) < 4.78 is 0. The number of hydrogen-bond donors (Lipinski definition) is 9. The van der Waals surface area contributed by atoms with Gasteiger partial charge in [-0.3, -0.25) is 19.2 Å². The van der Waals surface area contributed by atoms with E-state index in [4.69, 9.17) is 5.73 Å². The van der Waals surface area contributed by atoms with Gasteiger partial charge in [0.15, 0.2) is 0 Å². The molecule has 15 nitrogen and oxygen atoms in total. The normalized spacial score (nSPS) is 17.1. The number of carboxylic acids is 1. The number of nitrogens with one attached hydrogen (secondary N) is 5. The first kappa shape index (κ1) is 34.1. The molecule has 10 N–H and O–H groups in total. The average molecular weight is 662 g/mol. The standard InChI is InChI=1S/C33H39N7O8/c34-22(12-18-14-35-23-8-3-1-6-20(18)23)29(43)38-26(16-41)32(46)40-11-5-10-28(40)31(45)37-25(30(44)39-27(17-42)33(47)48)13-19-15-36-24-9-4-2-7-21(19)24/h1-4,6-9,14-15,22,25-28,35-36,41-42H,5,10-13,16-17,34H2,(H,37,45)(H,38,43)(H,39,44)(H,47,48)/t22-,25-,26-,27-,28-/m0/s1. The molecule has 1 aliphatic rings. The number of para-hydroxylation sites is 2. The lowest BCUT2D eigenvalue weighted by Crippen LogP contribution is -2.59. The van der Waals surface area contributed by atoms with Crippen molar-refractivity contribution in [3.05, 3.63) is 72.1 Å². The molecule has 5 rings (SSSR count). The van der Waals surface area contributed by atoms with Crippen molar-refractivity contribution in [3.8, 4) is 0 Å². The highest BCUT2D eigenvalue weighted by Gasteiger charge is 2.39. The zero-order valence-electron chi connectivity index (χ0n) is 26.0. The van der Waals surface area contributed by atoms with E-state index in [2.05, 4.69) is 25.9 Å². The zero-order valence-corrected chi connectivity index (χ0v) is 26.0. The van der Waals surface area contributed by atoms with Gasteiger partial charge < -0.3 is 51.9 Å². The van der Waals surface area contributed by atoms with Gasteiger partial charge in [0.05, 0.1) is 19.3 Å². The third-order valence-corrected chi connectivity index (χ3v) is 8.62. The molecule has 2 aromatic heterocycles. The number of carbonyl (C=O) groups excluding carboxylic acids is 4. The lowest BCUT2D eigenvalue weighted by atomic mass is 10.0. The van der Waals surface area contributed by atoms with Crippen LogP contribution in [-0.2, 0) is 36.8 Å². The molecule has 0 bridgehead atoms.